The predicted molar refractivity (Wildman–Crippen MR) is 114 cm³/mol. The first-order chi connectivity index (χ1) is 14.3. The molecule has 0 saturated carbocycles. The predicted octanol–water partition coefficient (Wildman–Crippen LogP) is 2.75. The minimum Gasteiger partial charge on any atom is -0.497 e. The van der Waals surface area contributed by atoms with Gasteiger partial charge in [-0.25, -0.2) is 13.1 Å². The fraction of sp³-hybridized carbons (Fsp3) is 0.273. The van der Waals surface area contributed by atoms with Gasteiger partial charge in [0.2, 0.25) is 21.6 Å². The van der Waals surface area contributed by atoms with Crippen molar-refractivity contribution in [1.29, 1.82) is 0 Å². The Hall–Kier alpha value is -2.97. The number of sulfonamides is 1. The molecule has 3 rings (SSSR count). The SMILES string of the molecule is CCN(CC)C1=C(S(=O)(=O)NCc2ccc(OC)cc2)C(=O)c2ccccc2C1=O. The lowest BCUT2D eigenvalue weighted by Gasteiger charge is -2.29. The molecule has 30 heavy (non-hydrogen) atoms. The third-order valence-electron chi connectivity index (χ3n) is 5.03. The molecule has 0 atom stereocenters. The molecular formula is C22H24N2O5S. The van der Waals surface area contributed by atoms with Crippen molar-refractivity contribution >= 4 is 21.6 Å². The van der Waals surface area contributed by atoms with Gasteiger partial charge in [0.25, 0.3) is 0 Å². The molecule has 0 aromatic heterocycles. The van der Waals surface area contributed by atoms with Gasteiger partial charge in [-0.3, -0.25) is 9.59 Å². The Kier molecular flexibility index (Phi) is 6.38. The second-order valence-corrected chi connectivity index (χ2v) is 8.43. The fourth-order valence-corrected chi connectivity index (χ4v) is 4.74. The highest BCUT2D eigenvalue weighted by atomic mass is 32.2. The minimum absolute atomic E-state index is 0.0233. The quantitative estimate of drug-likeness (QED) is 0.695. The molecule has 0 bridgehead atoms. The van der Waals surface area contributed by atoms with Gasteiger partial charge in [-0.2, -0.15) is 0 Å². The molecule has 1 N–H and O–H groups in total. The van der Waals surface area contributed by atoms with Gasteiger partial charge in [0.1, 0.15) is 11.4 Å². The van der Waals surface area contributed by atoms with Crippen LogP contribution >= 0.6 is 0 Å². The van der Waals surface area contributed by atoms with E-state index in [-0.39, 0.29) is 23.4 Å². The first kappa shape index (κ1) is 21.7. The molecule has 1 aliphatic carbocycles. The van der Waals surface area contributed by atoms with Crippen molar-refractivity contribution in [3.63, 3.8) is 0 Å². The van der Waals surface area contributed by atoms with Gasteiger partial charge in [0, 0.05) is 30.8 Å². The smallest absolute Gasteiger partial charge is 0.247 e. The van der Waals surface area contributed by atoms with E-state index in [1.165, 1.54) is 6.07 Å². The van der Waals surface area contributed by atoms with Crippen molar-refractivity contribution in [2.45, 2.75) is 20.4 Å². The van der Waals surface area contributed by atoms with E-state index in [1.807, 2.05) is 13.8 Å². The maximum absolute atomic E-state index is 13.2. The first-order valence-electron chi connectivity index (χ1n) is 9.64. The van der Waals surface area contributed by atoms with Crippen molar-refractivity contribution in [3.05, 3.63) is 75.8 Å². The van der Waals surface area contributed by atoms with Crippen LogP contribution in [0.3, 0.4) is 0 Å². The molecule has 0 heterocycles. The molecule has 0 spiro atoms. The van der Waals surface area contributed by atoms with Crippen LogP contribution < -0.4 is 9.46 Å². The number of ether oxygens (including phenoxy) is 1. The lowest BCUT2D eigenvalue weighted by Crippen LogP contribution is -2.39. The van der Waals surface area contributed by atoms with E-state index < -0.39 is 26.5 Å². The molecule has 7 nitrogen and oxygen atoms in total. The summed E-state index contributed by atoms with van der Waals surface area (Å²) in [6.07, 6.45) is 0. The Bertz CT molecular complexity index is 1100. The molecule has 2 aromatic rings. The Morgan fingerprint density at radius 3 is 2.00 bits per heavy atom. The maximum atomic E-state index is 13.2. The molecule has 8 heteroatoms. The van der Waals surface area contributed by atoms with Crippen LogP contribution in [0.25, 0.3) is 0 Å². The van der Waals surface area contributed by atoms with Crippen molar-refractivity contribution in [2.24, 2.45) is 0 Å². The molecule has 2 aromatic carbocycles. The summed E-state index contributed by atoms with van der Waals surface area (Å²) >= 11 is 0. The summed E-state index contributed by atoms with van der Waals surface area (Å²) in [6, 6.07) is 13.2. The number of benzene rings is 2. The Morgan fingerprint density at radius 2 is 1.47 bits per heavy atom. The number of nitrogens with zero attached hydrogens (tertiary/aromatic N) is 1. The summed E-state index contributed by atoms with van der Waals surface area (Å²) in [4.78, 5) is 27.5. The topological polar surface area (TPSA) is 92.8 Å². The lowest BCUT2D eigenvalue weighted by molar-refractivity contribution is 0.0949. The number of carbonyl (C=O) groups excluding carboxylic acids is 2. The van der Waals surface area contributed by atoms with Gasteiger partial charge >= 0.3 is 0 Å². The third-order valence-corrected chi connectivity index (χ3v) is 6.47. The molecule has 0 saturated heterocycles. The van der Waals surface area contributed by atoms with E-state index in [2.05, 4.69) is 4.72 Å². The zero-order valence-corrected chi connectivity index (χ0v) is 18.0. The van der Waals surface area contributed by atoms with Crippen LogP contribution in [0.4, 0.5) is 0 Å². The monoisotopic (exact) mass is 428 g/mol. The lowest BCUT2D eigenvalue weighted by atomic mass is 9.92. The summed E-state index contributed by atoms with van der Waals surface area (Å²) in [5.74, 6) is -0.481. The summed E-state index contributed by atoms with van der Waals surface area (Å²) in [7, 11) is -2.71. The highest BCUT2D eigenvalue weighted by Crippen LogP contribution is 2.31. The van der Waals surface area contributed by atoms with Crippen LogP contribution in [0.5, 0.6) is 5.75 Å². The molecular weight excluding hydrogens is 404 g/mol. The Morgan fingerprint density at radius 1 is 0.900 bits per heavy atom. The molecule has 1 aliphatic rings. The second-order valence-electron chi connectivity index (χ2n) is 6.73. The number of rotatable bonds is 8. The molecule has 0 amide bonds. The van der Waals surface area contributed by atoms with E-state index in [0.29, 0.717) is 24.4 Å². The average molecular weight is 429 g/mol. The number of Topliss-reactive ketones (excluding diaryl/α,β-unsaturated/α-hetero) is 2. The summed E-state index contributed by atoms with van der Waals surface area (Å²) in [5, 5.41) is 0. The zero-order chi connectivity index (χ0) is 21.9. The number of allylic oxidation sites excluding steroid dienone is 2. The van der Waals surface area contributed by atoms with Crippen LogP contribution in [0.2, 0.25) is 0 Å². The largest absolute Gasteiger partial charge is 0.497 e. The number of likely N-dealkylation sites (N-methyl/N-ethyl adjacent to an activating group) is 1. The minimum atomic E-state index is -4.25. The number of nitrogens with one attached hydrogen (secondary N) is 1. The molecule has 158 valence electrons. The maximum Gasteiger partial charge on any atom is 0.247 e. The number of hydrogen-bond acceptors (Lipinski definition) is 6. The number of fused-ring (bicyclic) bond motifs is 1. The molecule has 0 fully saturated rings. The van der Waals surface area contributed by atoms with E-state index in [9.17, 15) is 18.0 Å². The van der Waals surface area contributed by atoms with Crippen molar-refractivity contribution < 1.29 is 22.7 Å². The van der Waals surface area contributed by atoms with Gasteiger partial charge in [0.05, 0.1) is 7.11 Å². The van der Waals surface area contributed by atoms with Crippen LogP contribution in [0, 0.1) is 0 Å². The van der Waals surface area contributed by atoms with Gasteiger partial charge in [-0.05, 0) is 31.5 Å². The highest BCUT2D eigenvalue weighted by molar-refractivity contribution is 7.94. The first-order valence-corrected chi connectivity index (χ1v) is 11.1. The fourth-order valence-electron chi connectivity index (χ4n) is 3.41. The van der Waals surface area contributed by atoms with Crippen molar-refractivity contribution in [1.82, 2.24) is 9.62 Å². The van der Waals surface area contributed by atoms with Gasteiger partial charge in [0.15, 0.2) is 4.91 Å². The number of methoxy groups -OCH3 is 1. The summed E-state index contributed by atoms with van der Waals surface area (Å²) in [6.45, 7) is 4.38. The Balaban J connectivity index is 2.04. The molecule has 0 unspecified atom stereocenters. The average Bonchev–Trinajstić information content (AvgIpc) is 2.76. The summed E-state index contributed by atoms with van der Waals surface area (Å²) in [5.41, 5.74) is 0.937. The number of ketones is 2. The number of carbonyl (C=O) groups is 2. The summed E-state index contributed by atoms with van der Waals surface area (Å²) < 4.78 is 34.0. The van der Waals surface area contributed by atoms with Gasteiger partial charge in [-0.15, -0.1) is 0 Å². The third kappa shape index (κ3) is 4.01. The van der Waals surface area contributed by atoms with E-state index in [1.54, 1.807) is 54.5 Å². The molecule has 0 aliphatic heterocycles. The van der Waals surface area contributed by atoms with Crippen LogP contribution in [0.1, 0.15) is 40.1 Å². The van der Waals surface area contributed by atoms with Crippen LogP contribution in [0.15, 0.2) is 59.1 Å². The van der Waals surface area contributed by atoms with Crippen LogP contribution in [-0.4, -0.2) is 45.1 Å². The van der Waals surface area contributed by atoms with Crippen molar-refractivity contribution in [2.75, 3.05) is 20.2 Å². The van der Waals surface area contributed by atoms with E-state index >= 15 is 0 Å². The van der Waals surface area contributed by atoms with Crippen LogP contribution in [-0.2, 0) is 16.6 Å². The van der Waals surface area contributed by atoms with Crippen molar-refractivity contribution in [3.8, 4) is 5.75 Å². The standard InChI is InChI=1S/C22H24N2O5S/c1-4-24(5-2)19-20(25)17-8-6-7-9-18(17)21(26)22(19)30(27,28)23-14-15-10-12-16(29-3)13-11-15/h6-13,23H,4-5,14H2,1-3H3. The van der Waals surface area contributed by atoms with E-state index in [0.717, 1.165) is 0 Å². The second kappa shape index (κ2) is 8.81. The highest BCUT2D eigenvalue weighted by Gasteiger charge is 2.40. The molecule has 0 radical (unpaired) electrons. The zero-order valence-electron chi connectivity index (χ0n) is 17.1. The van der Waals surface area contributed by atoms with Gasteiger partial charge in [-0.1, -0.05) is 36.4 Å². The van der Waals surface area contributed by atoms with Gasteiger partial charge < -0.3 is 9.64 Å². The Labute approximate surface area is 176 Å². The normalized spacial score (nSPS) is 14.0. The van der Waals surface area contributed by atoms with E-state index in [4.69, 9.17) is 4.74 Å². The number of hydrogen-bond donors (Lipinski definition) is 1.